The Morgan fingerprint density at radius 1 is 0.875 bits per heavy atom. The lowest BCUT2D eigenvalue weighted by Gasteiger charge is -2.40. The van der Waals surface area contributed by atoms with Crippen LogP contribution in [0, 0.1) is 17.3 Å². The average Bonchev–Trinajstić information content (AvgIpc) is 2.45. The van der Waals surface area contributed by atoms with Crippen LogP contribution in [0.2, 0.25) is 0 Å². The van der Waals surface area contributed by atoms with Gasteiger partial charge in [-0.1, -0.05) is 41.0 Å². The van der Waals surface area contributed by atoms with Gasteiger partial charge in [-0.15, -0.1) is 0 Å². The summed E-state index contributed by atoms with van der Waals surface area (Å²) in [6.07, 6.45) is 1.41. The van der Waals surface area contributed by atoms with Crippen LogP contribution in [0.3, 0.4) is 0 Å². The molecule has 0 spiro atoms. The molecule has 0 bridgehead atoms. The zero-order valence-electron chi connectivity index (χ0n) is 16.5. The van der Waals surface area contributed by atoms with Crippen LogP contribution in [-0.2, 0) is 19.0 Å². The minimum atomic E-state index is -0.832. The maximum Gasteiger partial charge on any atom is 0.508 e. The van der Waals surface area contributed by atoms with E-state index in [9.17, 15) is 9.59 Å². The van der Waals surface area contributed by atoms with Gasteiger partial charge in [0.2, 0.25) is 0 Å². The van der Waals surface area contributed by atoms with Crippen LogP contribution < -0.4 is 0 Å². The molecule has 0 aliphatic carbocycles. The fourth-order valence-corrected chi connectivity index (χ4v) is 3.35. The minimum Gasteiger partial charge on any atom is -0.465 e. The molecule has 0 amide bonds. The van der Waals surface area contributed by atoms with Gasteiger partial charge in [0.05, 0.1) is 13.2 Å². The van der Waals surface area contributed by atoms with Gasteiger partial charge in [-0.25, -0.2) is 4.79 Å². The molecule has 0 aromatic carbocycles. The van der Waals surface area contributed by atoms with Crippen LogP contribution >= 0.6 is 0 Å². The predicted molar refractivity (Wildman–Crippen MR) is 94.8 cm³/mol. The van der Waals surface area contributed by atoms with Crippen LogP contribution in [0.25, 0.3) is 0 Å². The number of carbonyl (C=O) groups is 2. The molecule has 0 aliphatic heterocycles. The molecule has 0 rings (SSSR count). The summed E-state index contributed by atoms with van der Waals surface area (Å²) in [6.45, 7) is 14.4. The smallest absolute Gasteiger partial charge is 0.465 e. The van der Waals surface area contributed by atoms with Crippen LogP contribution in [0.1, 0.15) is 74.1 Å². The van der Waals surface area contributed by atoms with E-state index in [2.05, 4.69) is 27.7 Å². The number of rotatable bonds is 11. The van der Waals surface area contributed by atoms with E-state index in [1.165, 1.54) is 0 Å². The molecule has 0 heterocycles. The fraction of sp³-hybridized carbons (Fsp3) is 0.895. The van der Waals surface area contributed by atoms with Gasteiger partial charge in [0, 0.05) is 0 Å². The second-order valence-electron chi connectivity index (χ2n) is 7.15. The Labute approximate surface area is 147 Å². The monoisotopic (exact) mass is 344 g/mol. The van der Waals surface area contributed by atoms with Gasteiger partial charge in [-0.2, -0.15) is 0 Å². The molecule has 1 unspecified atom stereocenters. The third-order valence-corrected chi connectivity index (χ3v) is 3.89. The van der Waals surface area contributed by atoms with E-state index in [0.29, 0.717) is 25.9 Å². The molecule has 0 aliphatic rings. The standard InChI is InChI=1S/C19H36O5/c1-8-11-16(24-18(21)23-10-3)19(12-14(4)5,13-15(6)7)17(20)22-9-2/h14-16H,8-13H2,1-7H3. The highest BCUT2D eigenvalue weighted by atomic mass is 16.7. The quantitative estimate of drug-likeness (QED) is 0.495. The number of esters is 1. The molecule has 142 valence electrons. The molecular weight excluding hydrogens is 308 g/mol. The molecule has 0 N–H and O–H groups in total. The largest absolute Gasteiger partial charge is 0.508 e. The topological polar surface area (TPSA) is 61.8 Å². The predicted octanol–water partition coefficient (Wildman–Crippen LogP) is 4.97. The zero-order chi connectivity index (χ0) is 18.8. The van der Waals surface area contributed by atoms with Gasteiger partial charge in [0.15, 0.2) is 0 Å². The first-order valence-electron chi connectivity index (χ1n) is 9.23. The van der Waals surface area contributed by atoms with Crippen molar-refractivity contribution < 1.29 is 23.8 Å². The molecule has 0 saturated heterocycles. The van der Waals surface area contributed by atoms with Crippen molar-refractivity contribution in [3.05, 3.63) is 0 Å². The van der Waals surface area contributed by atoms with Gasteiger partial charge < -0.3 is 14.2 Å². The number of hydrogen-bond acceptors (Lipinski definition) is 5. The summed E-state index contributed by atoms with van der Waals surface area (Å²) in [5.74, 6) is 0.284. The molecule has 0 aromatic rings. The summed E-state index contributed by atoms with van der Waals surface area (Å²) in [5.41, 5.74) is -0.832. The van der Waals surface area contributed by atoms with Crippen molar-refractivity contribution >= 4 is 12.1 Å². The molecule has 5 heteroatoms. The highest BCUT2D eigenvalue weighted by Gasteiger charge is 2.49. The van der Waals surface area contributed by atoms with Crippen molar-refractivity contribution in [1.29, 1.82) is 0 Å². The first-order valence-corrected chi connectivity index (χ1v) is 9.23. The molecule has 24 heavy (non-hydrogen) atoms. The molecule has 0 aromatic heterocycles. The third kappa shape index (κ3) is 7.10. The number of hydrogen-bond donors (Lipinski definition) is 0. The number of ether oxygens (including phenoxy) is 3. The summed E-state index contributed by atoms with van der Waals surface area (Å²) in [5, 5.41) is 0. The Morgan fingerprint density at radius 2 is 1.38 bits per heavy atom. The van der Waals surface area contributed by atoms with Crippen LogP contribution in [0.5, 0.6) is 0 Å². The first kappa shape index (κ1) is 22.7. The summed E-state index contributed by atoms with van der Waals surface area (Å²) >= 11 is 0. The summed E-state index contributed by atoms with van der Waals surface area (Å²) < 4.78 is 16.0. The second kappa shape index (κ2) is 11.3. The van der Waals surface area contributed by atoms with E-state index in [-0.39, 0.29) is 24.4 Å². The lowest BCUT2D eigenvalue weighted by Crippen LogP contribution is -2.48. The second-order valence-corrected chi connectivity index (χ2v) is 7.15. The maximum atomic E-state index is 12.9. The van der Waals surface area contributed by atoms with Crippen molar-refractivity contribution in [1.82, 2.24) is 0 Å². The van der Waals surface area contributed by atoms with Gasteiger partial charge in [0.25, 0.3) is 0 Å². The van der Waals surface area contributed by atoms with Crippen molar-refractivity contribution in [2.45, 2.75) is 80.3 Å². The van der Waals surface area contributed by atoms with E-state index >= 15 is 0 Å². The van der Waals surface area contributed by atoms with E-state index in [0.717, 1.165) is 6.42 Å². The Kier molecular flexibility index (Phi) is 10.7. The van der Waals surface area contributed by atoms with Crippen molar-refractivity contribution in [3.8, 4) is 0 Å². The van der Waals surface area contributed by atoms with Crippen LogP contribution in [0.15, 0.2) is 0 Å². The molecule has 0 saturated carbocycles. The maximum absolute atomic E-state index is 12.9. The van der Waals surface area contributed by atoms with E-state index in [4.69, 9.17) is 14.2 Å². The summed E-state index contributed by atoms with van der Waals surface area (Å²) in [7, 11) is 0. The lowest BCUT2D eigenvalue weighted by molar-refractivity contribution is -0.168. The Morgan fingerprint density at radius 3 is 1.75 bits per heavy atom. The van der Waals surface area contributed by atoms with E-state index in [1.807, 2.05) is 6.92 Å². The lowest BCUT2D eigenvalue weighted by atomic mass is 9.69. The van der Waals surface area contributed by atoms with Crippen molar-refractivity contribution in [3.63, 3.8) is 0 Å². The van der Waals surface area contributed by atoms with Gasteiger partial charge >= 0.3 is 12.1 Å². The van der Waals surface area contributed by atoms with Crippen LogP contribution in [-0.4, -0.2) is 31.4 Å². The molecule has 0 radical (unpaired) electrons. The molecular formula is C19H36O5. The third-order valence-electron chi connectivity index (χ3n) is 3.89. The SMILES string of the molecule is CCCC(OC(=O)OCC)C(CC(C)C)(CC(C)C)C(=O)OCC. The zero-order valence-corrected chi connectivity index (χ0v) is 16.5. The Balaban J connectivity index is 5.81. The normalized spacial score (nSPS) is 13.0. The van der Waals surface area contributed by atoms with Crippen molar-refractivity contribution in [2.24, 2.45) is 17.3 Å². The van der Waals surface area contributed by atoms with E-state index < -0.39 is 17.7 Å². The highest BCUT2D eigenvalue weighted by molar-refractivity contribution is 5.78. The first-order chi connectivity index (χ1) is 11.2. The highest BCUT2D eigenvalue weighted by Crippen LogP contribution is 2.42. The van der Waals surface area contributed by atoms with Crippen LogP contribution in [0.4, 0.5) is 4.79 Å². The average molecular weight is 344 g/mol. The summed E-state index contributed by atoms with van der Waals surface area (Å²) in [4.78, 5) is 24.9. The Hall–Kier alpha value is -1.26. The number of carbonyl (C=O) groups excluding carboxylic acids is 2. The molecule has 0 fully saturated rings. The molecule has 1 atom stereocenters. The summed E-state index contributed by atoms with van der Waals surface area (Å²) in [6, 6.07) is 0. The fourth-order valence-electron chi connectivity index (χ4n) is 3.35. The Bertz CT molecular complexity index is 366. The van der Waals surface area contributed by atoms with Gasteiger partial charge in [-0.3, -0.25) is 4.79 Å². The van der Waals surface area contributed by atoms with E-state index in [1.54, 1.807) is 13.8 Å². The van der Waals surface area contributed by atoms with Gasteiger partial charge in [0.1, 0.15) is 11.5 Å². The minimum absolute atomic E-state index is 0.248. The molecule has 5 nitrogen and oxygen atoms in total. The van der Waals surface area contributed by atoms with Gasteiger partial charge in [-0.05, 0) is 44.9 Å². The van der Waals surface area contributed by atoms with Crippen molar-refractivity contribution in [2.75, 3.05) is 13.2 Å².